The van der Waals surface area contributed by atoms with Gasteiger partial charge in [-0.05, 0) is 44.2 Å². The number of nitrogens with one attached hydrogen (secondary N) is 1. The van der Waals surface area contributed by atoms with Crippen LogP contribution in [0.4, 0.5) is 0 Å². The van der Waals surface area contributed by atoms with Gasteiger partial charge in [0.2, 0.25) is 0 Å². The SMILES string of the molecule is CC(CNC(C)(C)C)c1ccc(COC2CCOC2)cc1. The Bertz CT molecular complexity index is 416. The summed E-state index contributed by atoms with van der Waals surface area (Å²) in [4.78, 5) is 0. The highest BCUT2D eigenvalue weighted by Gasteiger charge is 2.16. The van der Waals surface area contributed by atoms with E-state index >= 15 is 0 Å². The van der Waals surface area contributed by atoms with Crippen LogP contribution >= 0.6 is 0 Å². The lowest BCUT2D eigenvalue weighted by Gasteiger charge is -2.23. The minimum atomic E-state index is 0.172. The van der Waals surface area contributed by atoms with Crippen molar-refractivity contribution in [3.63, 3.8) is 0 Å². The van der Waals surface area contributed by atoms with E-state index in [0.717, 1.165) is 26.2 Å². The molecule has 1 N–H and O–H groups in total. The largest absolute Gasteiger partial charge is 0.379 e. The van der Waals surface area contributed by atoms with E-state index in [1.807, 2.05) is 0 Å². The maximum absolute atomic E-state index is 5.84. The summed E-state index contributed by atoms with van der Waals surface area (Å²) in [5.74, 6) is 0.516. The van der Waals surface area contributed by atoms with Crippen molar-refractivity contribution in [2.75, 3.05) is 19.8 Å². The molecule has 0 bridgehead atoms. The predicted molar refractivity (Wildman–Crippen MR) is 86.6 cm³/mol. The van der Waals surface area contributed by atoms with Crippen LogP contribution in [0.1, 0.15) is 51.2 Å². The minimum Gasteiger partial charge on any atom is -0.379 e. The maximum atomic E-state index is 5.84. The Morgan fingerprint density at radius 2 is 2.00 bits per heavy atom. The topological polar surface area (TPSA) is 30.5 Å². The standard InChI is InChI=1S/C18H29NO2/c1-14(11-19-18(2,3)4)16-7-5-15(6-8-16)12-21-17-9-10-20-13-17/h5-8,14,17,19H,9-13H2,1-4H3. The fraction of sp³-hybridized carbons (Fsp3) is 0.667. The first kappa shape index (κ1) is 16.5. The van der Waals surface area contributed by atoms with Gasteiger partial charge in [0.25, 0.3) is 0 Å². The molecule has 2 atom stereocenters. The molecule has 2 unspecified atom stereocenters. The van der Waals surface area contributed by atoms with Gasteiger partial charge in [0.05, 0.1) is 19.3 Å². The molecule has 3 heteroatoms. The molecule has 0 aromatic heterocycles. The third-order valence-corrected chi connectivity index (χ3v) is 3.86. The molecular formula is C18H29NO2. The van der Waals surface area contributed by atoms with E-state index in [9.17, 15) is 0 Å². The third-order valence-electron chi connectivity index (χ3n) is 3.86. The average molecular weight is 291 g/mol. The van der Waals surface area contributed by atoms with Crippen molar-refractivity contribution in [3.8, 4) is 0 Å². The van der Waals surface area contributed by atoms with Crippen molar-refractivity contribution < 1.29 is 9.47 Å². The first-order valence-corrected chi connectivity index (χ1v) is 7.97. The zero-order valence-electron chi connectivity index (χ0n) is 13.8. The molecule has 1 heterocycles. The normalized spacial score (nSPS) is 20.7. The van der Waals surface area contributed by atoms with E-state index in [1.165, 1.54) is 11.1 Å². The Balaban J connectivity index is 1.80. The quantitative estimate of drug-likeness (QED) is 0.870. The number of hydrogen-bond acceptors (Lipinski definition) is 3. The molecule has 1 aliphatic rings. The van der Waals surface area contributed by atoms with E-state index in [0.29, 0.717) is 12.5 Å². The summed E-state index contributed by atoms with van der Waals surface area (Å²) in [6, 6.07) is 8.80. The van der Waals surface area contributed by atoms with Crippen LogP contribution in [-0.4, -0.2) is 31.4 Å². The van der Waals surface area contributed by atoms with Crippen molar-refractivity contribution in [1.82, 2.24) is 5.32 Å². The molecule has 0 amide bonds. The fourth-order valence-corrected chi connectivity index (χ4v) is 2.38. The van der Waals surface area contributed by atoms with E-state index in [4.69, 9.17) is 9.47 Å². The number of ether oxygens (including phenoxy) is 2. The number of hydrogen-bond donors (Lipinski definition) is 1. The second-order valence-electron chi connectivity index (χ2n) is 7.07. The lowest BCUT2D eigenvalue weighted by molar-refractivity contribution is 0.0317. The molecule has 1 aromatic rings. The smallest absolute Gasteiger partial charge is 0.0834 e. The molecule has 1 fully saturated rings. The van der Waals surface area contributed by atoms with Gasteiger partial charge in [-0.25, -0.2) is 0 Å². The van der Waals surface area contributed by atoms with E-state index in [2.05, 4.69) is 57.3 Å². The second kappa shape index (κ2) is 7.39. The number of benzene rings is 1. The summed E-state index contributed by atoms with van der Waals surface area (Å²) < 4.78 is 11.2. The van der Waals surface area contributed by atoms with Gasteiger partial charge in [0, 0.05) is 18.7 Å². The first-order chi connectivity index (χ1) is 9.94. The van der Waals surface area contributed by atoms with Gasteiger partial charge in [-0.2, -0.15) is 0 Å². The van der Waals surface area contributed by atoms with Crippen LogP contribution in [0.15, 0.2) is 24.3 Å². The summed E-state index contributed by atoms with van der Waals surface area (Å²) >= 11 is 0. The molecule has 0 aliphatic carbocycles. The summed E-state index contributed by atoms with van der Waals surface area (Å²) in [5.41, 5.74) is 2.78. The van der Waals surface area contributed by atoms with E-state index in [-0.39, 0.29) is 11.6 Å². The van der Waals surface area contributed by atoms with Gasteiger partial charge >= 0.3 is 0 Å². The Kier molecular flexibility index (Phi) is 5.80. The van der Waals surface area contributed by atoms with Gasteiger partial charge in [0.1, 0.15) is 0 Å². The highest BCUT2D eigenvalue weighted by Crippen LogP contribution is 2.18. The predicted octanol–water partition coefficient (Wildman–Crippen LogP) is 3.48. The van der Waals surface area contributed by atoms with Crippen molar-refractivity contribution in [2.45, 2.75) is 58.3 Å². The summed E-state index contributed by atoms with van der Waals surface area (Å²) in [5, 5.41) is 3.56. The molecule has 0 radical (unpaired) electrons. The van der Waals surface area contributed by atoms with Gasteiger partial charge in [0.15, 0.2) is 0 Å². The van der Waals surface area contributed by atoms with Crippen molar-refractivity contribution >= 4 is 0 Å². The molecule has 118 valence electrons. The molecule has 0 saturated carbocycles. The van der Waals surface area contributed by atoms with Gasteiger partial charge in [-0.3, -0.25) is 0 Å². The zero-order chi connectivity index (χ0) is 15.3. The average Bonchev–Trinajstić information content (AvgIpc) is 2.95. The van der Waals surface area contributed by atoms with Crippen LogP contribution in [0.3, 0.4) is 0 Å². The fourth-order valence-electron chi connectivity index (χ4n) is 2.38. The Morgan fingerprint density at radius 3 is 2.57 bits per heavy atom. The van der Waals surface area contributed by atoms with Crippen molar-refractivity contribution in [2.24, 2.45) is 0 Å². The molecule has 3 nitrogen and oxygen atoms in total. The Hall–Kier alpha value is -0.900. The molecular weight excluding hydrogens is 262 g/mol. The summed E-state index contributed by atoms with van der Waals surface area (Å²) in [6.07, 6.45) is 1.30. The van der Waals surface area contributed by atoms with Crippen LogP contribution in [0.25, 0.3) is 0 Å². The first-order valence-electron chi connectivity index (χ1n) is 7.97. The van der Waals surface area contributed by atoms with Crippen LogP contribution in [-0.2, 0) is 16.1 Å². The van der Waals surface area contributed by atoms with Gasteiger partial charge < -0.3 is 14.8 Å². The molecule has 1 aromatic carbocycles. The van der Waals surface area contributed by atoms with Crippen LogP contribution in [0.5, 0.6) is 0 Å². The molecule has 21 heavy (non-hydrogen) atoms. The maximum Gasteiger partial charge on any atom is 0.0834 e. The second-order valence-corrected chi connectivity index (χ2v) is 7.07. The minimum absolute atomic E-state index is 0.172. The molecule has 1 saturated heterocycles. The molecule has 1 aliphatic heterocycles. The van der Waals surface area contributed by atoms with Crippen molar-refractivity contribution in [3.05, 3.63) is 35.4 Å². The van der Waals surface area contributed by atoms with Crippen molar-refractivity contribution in [1.29, 1.82) is 0 Å². The third kappa shape index (κ3) is 5.77. The van der Waals surface area contributed by atoms with Gasteiger partial charge in [-0.15, -0.1) is 0 Å². The highest BCUT2D eigenvalue weighted by atomic mass is 16.5. The molecule has 2 rings (SSSR count). The van der Waals surface area contributed by atoms with E-state index < -0.39 is 0 Å². The van der Waals surface area contributed by atoms with E-state index in [1.54, 1.807) is 0 Å². The van der Waals surface area contributed by atoms with Crippen LogP contribution in [0.2, 0.25) is 0 Å². The summed E-state index contributed by atoms with van der Waals surface area (Å²) in [7, 11) is 0. The monoisotopic (exact) mass is 291 g/mol. The summed E-state index contributed by atoms with van der Waals surface area (Å²) in [6.45, 7) is 12.1. The van der Waals surface area contributed by atoms with Crippen LogP contribution in [0, 0.1) is 0 Å². The van der Waals surface area contributed by atoms with Crippen LogP contribution < -0.4 is 5.32 Å². The van der Waals surface area contributed by atoms with Gasteiger partial charge in [-0.1, -0.05) is 31.2 Å². The Labute approximate surface area is 129 Å². The Morgan fingerprint density at radius 1 is 1.29 bits per heavy atom. The lowest BCUT2D eigenvalue weighted by atomic mass is 9.98. The lowest BCUT2D eigenvalue weighted by Crippen LogP contribution is -2.38. The zero-order valence-corrected chi connectivity index (χ0v) is 13.8. The highest BCUT2D eigenvalue weighted by molar-refractivity contribution is 5.25. The number of rotatable bonds is 6. The molecule has 0 spiro atoms.